The van der Waals surface area contributed by atoms with Crippen LogP contribution in [0, 0.1) is 0 Å². The second-order valence-electron chi connectivity index (χ2n) is 2.10. The summed E-state index contributed by atoms with van der Waals surface area (Å²) in [6, 6.07) is 4.45. The van der Waals surface area contributed by atoms with Gasteiger partial charge in [0.2, 0.25) is 0 Å². The maximum Gasteiger partial charge on any atom is 0.409 e. The minimum atomic E-state index is -0.879. The van der Waals surface area contributed by atoms with Gasteiger partial charge < -0.3 is 16.2 Å². The van der Waals surface area contributed by atoms with E-state index in [0.717, 1.165) is 0 Å². The highest BCUT2D eigenvalue weighted by atomic mass is 35.5. The number of hydrogen-bond acceptors (Lipinski definition) is 3. The maximum absolute atomic E-state index is 10.3. The van der Waals surface area contributed by atoms with Gasteiger partial charge in [0.05, 0.1) is 10.7 Å². The lowest BCUT2D eigenvalue weighted by atomic mass is 10.3. The van der Waals surface area contributed by atoms with Gasteiger partial charge in [-0.25, -0.2) is 4.79 Å². The first-order valence-corrected chi connectivity index (χ1v) is 3.49. The third-order valence-electron chi connectivity index (χ3n) is 1.19. The van der Waals surface area contributed by atoms with Gasteiger partial charge in [-0.15, -0.1) is 0 Å². The zero-order valence-corrected chi connectivity index (χ0v) is 6.84. The molecule has 0 aliphatic heterocycles. The van der Waals surface area contributed by atoms with Crippen molar-refractivity contribution >= 4 is 23.4 Å². The first kappa shape index (κ1) is 8.67. The number of primary amides is 1. The van der Waals surface area contributed by atoms with Crippen molar-refractivity contribution in [1.29, 1.82) is 0 Å². The van der Waals surface area contributed by atoms with Crippen LogP contribution in [0.2, 0.25) is 5.02 Å². The lowest BCUT2D eigenvalue weighted by Crippen LogP contribution is -2.16. The van der Waals surface area contributed by atoms with Crippen molar-refractivity contribution in [2.24, 2.45) is 5.73 Å². The maximum atomic E-state index is 10.3. The van der Waals surface area contributed by atoms with Crippen LogP contribution in [0.1, 0.15) is 0 Å². The topological polar surface area (TPSA) is 78.3 Å². The second-order valence-corrected chi connectivity index (χ2v) is 2.51. The van der Waals surface area contributed by atoms with Crippen LogP contribution >= 0.6 is 11.6 Å². The van der Waals surface area contributed by atoms with E-state index < -0.39 is 6.09 Å². The zero-order valence-electron chi connectivity index (χ0n) is 6.08. The molecule has 12 heavy (non-hydrogen) atoms. The van der Waals surface area contributed by atoms with Gasteiger partial charge >= 0.3 is 6.09 Å². The van der Waals surface area contributed by atoms with E-state index in [4.69, 9.17) is 23.1 Å². The standard InChI is InChI=1S/C7H7ClN2O2/c8-5-3-4(12-7(10)11)1-2-6(5)9/h1-3H,9H2,(H2,10,11). The van der Waals surface area contributed by atoms with Gasteiger partial charge in [-0.3, -0.25) is 0 Å². The van der Waals surface area contributed by atoms with Crippen molar-refractivity contribution in [3.05, 3.63) is 23.2 Å². The summed E-state index contributed by atoms with van der Waals surface area (Å²) in [7, 11) is 0. The number of benzene rings is 1. The molecule has 0 radical (unpaired) electrons. The highest BCUT2D eigenvalue weighted by Gasteiger charge is 2.01. The summed E-state index contributed by atoms with van der Waals surface area (Å²) in [4.78, 5) is 10.3. The molecule has 4 nitrogen and oxygen atoms in total. The molecule has 0 atom stereocenters. The number of anilines is 1. The largest absolute Gasteiger partial charge is 0.410 e. The Balaban J connectivity index is 2.89. The molecule has 0 bridgehead atoms. The van der Waals surface area contributed by atoms with E-state index in [1.165, 1.54) is 18.2 Å². The van der Waals surface area contributed by atoms with Crippen molar-refractivity contribution in [3.63, 3.8) is 0 Å². The lowest BCUT2D eigenvalue weighted by molar-refractivity contribution is 0.211. The minimum absolute atomic E-state index is 0.279. The summed E-state index contributed by atoms with van der Waals surface area (Å²) in [5, 5.41) is 0.328. The zero-order chi connectivity index (χ0) is 9.14. The van der Waals surface area contributed by atoms with Crippen LogP contribution in [0.3, 0.4) is 0 Å². The summed E-state index contributed by atoms with van der Waals surface area (Å²) in [5.74, 6) is 0.279. The van der Waals surface area contributed by atoms with Crippen molar-refractivity contribution in [3.8, 4) is 5.75 Å². The van der Waals surface area contributed by atoms with Gasteiger partial charge in [0.25, 0.3) is 0 Å². The number of amides is 1. The fourth-order valence-corrected chi connectivity index (χ4v) is 0.858. The van der Waals surface area contributed by atoms with E-state index in [0.29, 0.717) is 10.7 Å². The number of rotatable bonds is 1. The van der Waals surface area contributed by atoms with Crippen molar-refractivity contribution in [2.45, 2.75) is 0 Å². The molecule has 1 amide bonds. The molecular formula is C7H7ClN2O2. The fraction of sp³-hybridized carbons (Fsp3) is 0. The Morgan fingerprint density at radius 2 is 2.17 bits per heavy atom. The molecular weight excluding hydrogens is 180 g/mol. The minimum Gasteiger partial charge on any atom is -0.410 e. The number of halogens is 1. The third-order valence-corrected chi connectivity index (χ3v) is 1.52. The normalized spacial score (nSPS) is 9.42. The molecule has 0 saturated carbocycles. The summed E-state index contributed by atoms with van der Waals surface area (Å²) >= 11 is 5.64. The van der Waals surface area contributed by atoms with Crippen LogP contribution in [0.4, 0.5) is 10.5 Å². The Morgan fingerprint density at radius 1 is 1.50 bits per heavy atom. The lowest BCUT2D eigenvalue weighted by Gasteiger charge is -2.01. The number of carbonyl (C=O) groups excluding carboxylic acids is 1. The van der Waals surface area contributed by atoms with Crippen LogP contribution in [-0.2, 0) is 0 Å². The first-order chi connectivity index (χ1) is 5.59. The number of nitrogen functional groups attached to an aromatic ring is 1. The molecule has 5 heteroatoms. The molecule has 0 saturated heterocycles. The summed E-state index contributed by atoms with van der Waals surface area (Å²) in [6.07, 6.45) is -0.879. The van der Waals surface area contributed by atoms with Gasteiger partial charge in [0.15, 0.2) is 0 Å². The average Bonchev–Trinajstić information content (AvgIpc) is 1.96. The molecule has 1 rings (SSSR count). The molecule has 0 heterocycles. The van der Waals surface area contributed by atoms with Crippen molar-refractivity contribution in [1.82, 2.24) is 0 Å². The Morgan fingerprint density at radius 3 is 2.67 bits per heavy atom. The third kappa shape index (κ3) is 2.03. The molecule has 64 valence electrons. The Labute approximate surface area is 74.1 Å². The molecule has 1 aromatic carbocycles. The smallest absolute Gasteiger partial charge is 0.409 e. The van der Waals surface area contributed by atoms with E-state index in [1.807, 2.05) is 0 Å². The van der Waals surface area contributed by atoms with Gasteiger partial charge in [0.1, 0.15) is 5.75 Å². The molecule has 0 spiro atoms. The van der Waals surface area contributed by atoms with Crippen LogP contribution < -0.4 is 16.2 Å². The molecule has 0 unspecified atom stereocenters. The van der Waals surface area contributed by atoms with Gasteiger partial charge in [0, 0.05) is 6.07 Å². The summed E-state index contributed by atoms with van der Waals surface area (Å²) in [5.41, 5.74) is 10.6. The SMILES string of the molecule is NC(=O)Oc1ccc(N)c(Cl)c1. The van der Waals surface area contributed by atoms with E-state index in [9.17, 15) is 4.79 Å². The summed E-state index contributed by atoms with van der Waals surface area (Å²) in [6.45, 7) is 0. The molecule has 1 aromatic rings. The Kier molecular flexibility index (Phi) is 2.40. The number of nitrogens with two attached hydrogens (primary N) is 2. The van der Waals surface area contributed by atoms with E-state index in [1.54, 1.807) is 0 Å². The van der Waals surface area contributed by atoms with E-state index in [2.05, 4.69) is 4.74 Å². The molecule has 0 aliphatic carbocycles. The second kappa shape index (κ2) is 3.32. The van der Waals surface area contributed by atoms with Gasteiger partial charge in [-0.2, -0.15) is 0 Å². The van der Waals surface area contributed by atoms with E-state index in [-0.39, 0.29) is 5.75 Å². The van der Waals surface area contributed by atoms with E-state index >= 15 is 0 Å². The van der Waals surface area contributed by atoms with Crippen LogP contribution in [0.15, 0.2) is 18.2 Å². The van der Waals surface area contributed by atoms with Gasteiger partial charge in [-0.1, -0.05) is 11.6 Å². The van der Waals surface area contributed by atoms with Crippen molar-refractivity contribution < 1.29 is 9.53 Å². The average molecular weight is 187 g/mol. The number of hydrogen-bond donors (Lipinski definition) is 2. The number of ether oxygens (including phenoxy) is 1. The Hall–Kier alpha value is -1.42. The quantitative estimate of drug-likeness (QED) is 0.651. The highest BCUT2D eigenvalue weighted by molar-refractivity contribution is 6.33. The van der Waals surface area contributed by atoms with Gasteiger partial charge in [-0.05, 0) is 12.1 Å². The molecule has 0 fully saturated rings. The van der Waals surface area contributed by atoms with Crippen molar-refractivity contribution in [2.75, 3.05) is 5.73 Å². The predicted octanol–water partition coefficient (Wildman–Crippen LogP) is 1.38. The monoisotopic (exact) mass is 186 g/mol. The molecule has 0 aliphatic rings. The fourth-order valence-electron chi connectivity index (χ4n) is 0.688. The first-order valence-electron chi connectivity index (χ1n) is 3.12. The highest BCUT2D eigenvalue weighted by Crippen LogP contribution is 2.23. The number of carbonyl (C=O) groups is 1. The molecule has 0 aromatic heterocycles. The van der Waals surface area contributed by atoms with Crippen LogP contribution in [0.5, 0.6) is 5.75 Å². The van der Waals surface area contributed by atoms with Crippen LogP contribution in [-0.4, -0.2) is 6.09 Å². The molecule has 4 N–H and O–H groups in total. The summed E-state index contributed by atoms with van der Waals surface area (Å²) < 4.78 is 4.55. The van der Waals surface area contributed by atoms with Crippen LogP contribution in [0.25, 0.3) is 0 Å². The Bertz CT molecular complexity index is 314. The predicted molar refractivity (Wildman–Crippen MR) is 46.1 cm³/mol.